The molecule has 0 saturated carbocycles. The van der Waals surface area contributed by atoms with Crippen molar-refractivity contribution in [1.82, 2.24) is 0 Å². The second-order valence-corrected chi connectivity index (χ2v) is 5.39. The van der Waals surface area contributed by atoms with Crippen molar-refractivity contribution >= 4 is 23.2 Å². The van der Waals surface area contributed by atoms with Crippen molar-refractivity contribution in [2.75, 3.05) is 31.0 Å². The van der Waals surface area contributed by atoms with Gasteiger partial charge in [-0.05, 0) is 18.6 Å². The molecule has 0 spiro atoms. The van der Waals surface area contributed by atoms with E-state index >= 15 is 0 Å². The Kier molecular flexibility index (Phi) is 6.49. The summed E-state index contributed by atoms with van der Waals surface area (Å²) in [6.07, 6.45) is 1.65. The van der Waals surface area contributed by atoms with E-state index in [2.05, 4.69) is 6.92 Å². The third-order valence-corrected chi connectivity index (χ3v) is 3.77. The summed E-state index contributed by atoms with van der Waals surface area (Å²) in [5.41, 5.74) is 0.668. The van der Waals surface area contributed by atoms with Crippen LogP contribution >= 0.6 is 11.6 Å². The Morgan fingerprint density at radius 3 is 2.91 bits per heavy atom. The van der Waals surface area contributed by atoms with E-state index in [9.17, 15) is 4.79 Å². The molecule has 0 aliphatic carbocycles. The molecule has 1 aliphatic heterocycles. The number of hydrogen-bond donors (Lipinski definition) is 0. The lowest BCUT2D eigenvalue weighted by molar-refractivity contribution is -0.118. The molecule has 1 amide bonds. The number of para-hydroxylation sites is 2. The van der Waals surface area contributed by atoms with Gasteiger partial charge in [0, 0.05) is 0 Å². The van der Waals surface area contributed by atoms with Gasteiger partial charge in [-0.3, -0.25) is 4.79 Å². The minimum absolute atomic E-state index is 0.0978. The fourth-order valence-corrected chi connectivity index (χ4v) is 2.63. The lowest BCUT2D eigenvalue weighted by Crippen LogP contribution is -2.39. The van der Waals surface area contributed by atoms with Gasteiger partial charge in [-0.25, -0.2) is 0 Å². The van der Waals surface area contributed by atoms with Gasteiger partial charge < -0.3 is 19.1 Å². The van der Waals surface area contributed by atoms with Crippen LogP contribution in [0.25, 0.3) is 0 Å². The van der Waals surface area contributed by atoms with Crippen molar-refractivity contribution < 1.29 is 19.0 Å². The molecule has 22 heavy (non-hydrogen) atoms. The molecule has 5 nitrogen and oxygen atoms in total. The van der Waals surface area contributed by atoms with Crippen LogP contribution in [0.5, 0.6) is 5.75 Å². The third kappa shape index (κ3) is 4.12. The van der Waals surface area contributed by atoms with Gasteiger partial charge in [0.05, 0.1) is 32.1 Å². The van der Waals surface area contributed by atoms with E-state index in [1.807, 2.05) is 18.2 Å². The average Bonchev–Trinajstić information content (AvgIpc) is 2.99. The number of carbonyl (C=O) groups excluding carboxylic acids is 1. The van der Waals surface area contributed by atoms with Crippen molar-refractivity contribution in [1.29, 1.82) is 0 Å². The monoisotopic (exact) mass is 327 g/mol. The molecule has 1 aliphatic rings. The number of alkyl halides is 1. The highest BCUT2D eigenvalue weighted by atomic mass is 35.5. The van der Waals surface area contributed by atoms with Crippen LogP contribution in [0.3, 0.4) is 0 Å². The largest absolute Gasteiger partial charge is 0.495 e. The first kappa shape index (κ1) is 17.1. The van der Waals surface area contributed by atoms with Crippen LogP contribution in [0.2, 0.25) is 0 Å². The number of ether oxygens (including phenoxy) is 3. The van der Waals surface area contributed by atoms with Crippen LogP contribution in [0.1, 0.15) is 19.8 Å². The minimum atomic E-state index is -0.436. The highest BCUT2D eigenvalue weighted by Crippen LogP contribution is 2.29. The van der Waals surface area contributed by atoms with Gasteiger partial charge in [0.2, 0.25) is 5.91 Å². The smallest absolute Gasteiger partial charge is 0.242 e. The van der Waals surface area contributed by atoms with E-state index in [-0.39, 0.29) is 17.9 Å². The minimum Gasteiger partial charge on any atom is -0.495 e. The lowest BCUT2D eigenvalue weighted by Gasteiger charge is -2.26. The molecule has 2 atom stereocenters. The van der Waals surface area contributed by atoms with Crippen molar-refractivity contribution in [3.63, 3.8) is 0 Å². The Morgan fingerprint density at radius 2 is 2.23 bits per heavy atom. The number of nitrogens with zero attached hydrogens (tertiary/aromatic N) is 1. The number of halogens is 1. The maximum atomic E-state index is 12.2. The van der Waals surface area contributed by atoms with E-state index < -0.39 is 6.29 Å². The summed E-state index contributed by atoms with van der Waals surface area (Å²) in [5.74, 6) is 0.296. The van der Waals surface area contributed by atoms with Crippen LogP contribution in [-0.4, -0.2) is 44.4 Å². The maximum absolute atomic E-state index is 12.2. The highest BCUT2D eigenvalue weighted by molar-refractivity contribution is 6.29. The predicted octanol–water partition coefficient (Wildman–Crippen LogP) is 2.81. The number of anilines is 1. The summed E-state index contributed by atoms with van der Waals surface area (Å²) < 4.78 is 16.8. The normalized spacial score (nSPS) is 20.9. The van der Waals surface area contributed by atoms with Crippen molar-refractivity contribution in [2.24, 2.45) is 0 Å². The standard InChI is InChI=1S/C16H22ClNO4/c1-3-6-12-11-21-16(22-12)10-18(15(19)9-17)13-7-4-5-8-14(13)20-2/h4-5,7-8,12,16H,3,6,9-11H2,1-2H3. The second-order valence-electron chi connectivity index (χ2n) is 5.12. The summed E-state index contributed by atoms with van der Waals surface area (Å²) in [5, 5.41) is 0. The molecule has 0 N–H and O–H groups in total. The molecule has 2 unspecified atom stereocenters. The van der Waals surface area contributed by atoms with E-state index in [0.717, 1.165) is 12.8 Å². The van der Waals surface area contributed by atoms with Crippen molar-refractivity contribution in [3.05, 3.63) is 24.3 Å². The van der Waals surface area contributed by atoms with Crippen LogP contribution < -0.4 is 9.64 Å². The van der Waals surface area contributed by atoms with Crippen molar-refractivity contribution in [3.8, 4) is 5.75 Å². The molecule has 0 radical (unpaired) electrons. The van der Waals surface area contributed by atoms with Gasteiger partial charge in [-0.2, -0.15) is 0 Å². The Morgan fingerprint density at radius 1 is 1.45 bits per heavy atom. The number of amides is 1. The zero-order valence-corrected chi connectivity index (χ0v) is 13.7. The number of carbonyl (C=O) groups is 1. The Hall–Kier alpha value is -1.30. The summed E-state index contributed by atoms with van der Waals surface area (Å²) in [7, 11) is 1.57. The molecule has 1 aromatic carbocycles. The van der Waals surface area contributed by atoms with Gasteiger partial charge in [0.15, 0.2) is 6.29 Å². The van der Waals surface area contributed by atoms with Crippen LogP contribution in [-0.2, 0) is 14.3 Å². The lowest BCUT2D eigenvalue weighted by atomic mass is 10.2. The summed E-state index contributed by atoms with van der Waals surface area (Å²) >= 11 is 5.74. The molecule has 1 aromatic rings. The zero-order chi connectivity index (χ0) is 15.9. The molecular weight excluding hydrogens is 306 g/mol. The summed E-state index contributed by atoms with van der Waals surface area (Å²) in [4.78, 5) is 13.8. The van der Waals surface area contributed by atoms with Gasteiger partial charge >= 0.3 is 0 Å². The zero-order valence-electron chi connectivity index (χ0n) is 13.0. The molecule has 0 aromatic heterocycles. The summed E-state index contributed by atoms with van der Waals surface area (Å²) in [6, 6.07) is 7.33. The maximum Gasteiger partial charge on any atom is 0.242 e. The van der Waals surface area contributed by atoms with Crippen molar-refractivity contribution in [2.45, 2.75) is 32.2 Å². The quantitative estimate of drug-likeness (QED) is 0.723. The Labute approximate surface area is 136 Å². The molecule has 6 heteroatoms. The number of benzene rings is 1. The predicted molar refractivity (Wildman–Crippen MR) is 85.6 cm³/mol. The molecule has 2 rings (SSSR count). The number of rotatable bonds is 7. The van der Waals surface area contributed by atoms with E-state index in [1.165, 1.54) is 0 Å². The molecule has 1 fully saturated rings. The molecule has 1 saturated heterocycles. The van der Waals surface area contributed by atoms with Gasteiger partial charge in [0.1, 0.15) is 11.6 Å². The molecule has 0 bridgehead atoms. The van der Waals surface area contributed by atoms with E-state index in [0.29, 0.717) is 24.6 Å². The average molecular weight is 328 g/mol. The van der Waals surface area contributed by atoms with Crippen LogP contribution in [0, 0.1) is 0 Å². The Bertz CT molecular complexity index is 497. The van der Waals surface area contributed by atoms with Gasteiger partial charge in [-0.1, -0.05) is 25.5 Å². The fraction of sp³-hybridized carbons (Fsp3) is 0.562. The first-order valence-electron chi connectivity index (χ1n) is 7.46. The number of hydrogen-bond acceptors (Lipinski definition) is 4. The molecular formula is C16H22ClNO4. The molecule has 1 heterocycles. The van der Waals surface area contributed by atoms with Crippen LogP contribution in [0.15, 0.2) is 24.3 Å². The topological polar surface area (TPSA) is 48.0 Å². The third-order valence-electron chi connectivity index (χ3n) is 3.55. The fourth-order valence-electron chi connectivity index (χ4n) is 2.49. The first-order chi connectivity index (χ1) is 10.7. The highest BCUT2D eigenvalue weighted by Gasteiger charge is 2.30. The van der Waals surface area contributed by atoms with Gasteiger partial charge in [-0.15, -0.1) is 11.6 Å². The Balaban J connectivity index is 2.12. The van der Waals surface area contributed by atoms with Crippen LogP contribution in [0.4, 0.5) is 5.69 Å². The van der Waals surface area contributed by atoms with Gasteiger partial charge in [0.25, 0.3) is 0 Å². The summed E-state index contributed by atoms with van der Waals surface area (Å²) in [6.45, 7) is 2.97. The van der Waals surface area contributed by atoms with E-state index in [1.54, 1.807) is 18.1 Å². The SMILES string of the molecule is CCCC1COC(CN(C(=O)CCl)c2ccccc2OC)O1. The first-order valence-corrected chi connectivity index (χ1v) is 7.99. The van der Waals surface area contributed by atoms with E-state index in [4.69, 9.17) is 25.8 Å². The second kappa shape index (κ2) is 8.36. The number of methoxy groups -OCH3 is 1. The molecule has 122 valence electrons.